The average molecular weight is 398 g/mol. The van der Waals surface area contributed by atoms with Crippen LogP contribution in [0.5, 0.6) is 0 Å². The lowest BCUT2D eigenvalue weighted by Gasteiger charge is -2.27. The second-order valence-corrected chi connectivity index (χ2v) is 6.71. The fraction of sp³-hybridized carbons (Fsp3) is 0.263. The Bertz CT molecular complexity index is 946. The van der Waals surface area contributed by atoms with Gasteiger partial charge in [-0.3, -0.25) is 9.79 Å². The quantitative estimate of drug-likeness (QED) is 0.767. The molecule has 1 N–H and O–H groups in total. The maximum Gasteiger partial charge on any atom is 0.416 e. The zero-order chi connectivity index (χ0) is 20.3. The van der Waals surface area contributed by atoms with Gasteiger partial charge in [0.05, 0.1) is 23.5 Å². The third-order valence-corrected chi connectivity index (χ3v) is 5.18. The summed E-state index contributed by atoms with van der Waals surface area (Å²) in [5, 5.41) is 2.78. The van der Waals surface area contributed by atoms with Crippen LogP contribution in [0.4, 0.5) is 26.3 Å². The van der Waals surface area contributed by atoms with Crippen molar-refractivity contribution < 1.29 is 31.1 Å². The molecule has 0 aromatic heterocycles. The summed E-state index contributed by atoms with van der Waals surface area (Å²) >= 11 is 0. The highest BCUT2D eigenvalue weighted by atomic mass is 19.4. The first kappa shape index (κ1) is 18.5. The van der Waals surface area contributed by atoms with Crippen molar-refractivity contribution in [3.8, 4) is 0 Å². The van der Waals surface area contributed by atoms with Crippen LogP contribution >= 0.6 is 0 Å². The summed E-state index contributed by atoms with van der Waals surface area (Å²) in [4.78, 5) is 16.8. The molecular formula is C19H12F6N2O. The van der Waals surface area contributed by atoms with E-state index in [1.165, 1.54) is 30.6 Å². The number of carbonyl (C=O) groups is 1. The summed E-state index contributed by atoms with van der Waals surface area (Å²) in [6.07, 6.45) is -7.71. The minimum atomic E-state index is -4.51. The number of nitrogens with zero attached hydrogens (tertiary/aromatic N) is 1. The number of nitrogens with one attached hydrogen (secondary N) is 1. The number of rotatable bonds is 2. The minimum absolute atomic E-state index is 0.269. The van der Waals surface area contributed by atoms with Crippen molar-refractivity contribution in [3.05, 3.63) is 70.8 Å². The van der Waals surface area contributed by atoms with Gasteiger partial charge in [-0.25, -0.2) is 0 Å². The number of aliphatic imine (C=N–C) groups is 1. The number of carbonyl (C=O) groups excluding carboxylic acids is 1. The van der Waals surface area contributed by atoms with E-state index in [4.69, 9.17) is 0 Å². The zero-order valence-corrected chi connectivity index (χ0v) is 14.0. The third-order valence-electron chi connectivity index (χ3n) is 5.18. The van der Waals surface area contributed by atoms with E-state index in [2.05, 4.69) is 10.3 Å². The first-order valence-corrected chi connectivity index (χ1v) is 8.23. The topological polar surface area (TPSA) is 41.5 Å². The molecule has 1 heterocycles. The molecule has 0 saturated heterocycles. The normalized spacial score (nSPS) is 26.6. The smallest absolute Gasteiger partial charge is 0.365 e. The highest BCUT2D eigenvalue weighted by Crippen LogP contribution is 2.56. The first-order valence-electron chi connectivity index (χ1n) is 8.23. The molecule has 1 fully saturated rings. The lowest BCUT2D eigenvalue weighted by Crippen LogP contribution is -2.34. The maximum absolute atomic E-state index is 12.8. The predicted octanol–water partition coefficient (Wildman–Crippen LogP) is 4.29. The summed E-state index contributed by atoms with van der Waals surface area (Å²) in [5.74, 6) is -0.269. The second-order valence-electron chi connectivity index (χ2n) is 6.71. The van der Waals surface area contributed by atoms with Crippen LogP contribution in [-0.2, 0) is 22.6 Å². The molecule has 0 amide bonds. The van der Waals surface area contributed by atoms with Crippen molar-refractivity contribution >= 4 is 12.1 Å². The van der Waals surface area contributed by atoms with Gasteiger partial charge in [-0.2, -0.15) is 26.3 Å². The van der Waals surface area contributed by atoms with Gasteiger partial charge < -0.3 is 5.32 Å². The van der Waals surface area contributed by atoms with Gasteiger partial charge in [-0.1, -0.05) is 24.3 Å². The standard InChI is InChI=1S/C19H12F6N2O/c20-18(21,22)12-3-1-10(2-4-12)14-17(15(16(17)28)27-9-26-14)11-5-7-13(8-6-11)19(23,24)25/h1-9,14-15H,(H,26,27). The molecule has 0 radical (unpaired) electrons. The lowest BCUT2D eigenvalue weighted by atomic mass is 9.82. The van der Waals surface area contributed by atoms with E-state index in [1.807, 2.05) is 0 Å². The molecule has 0 spiro atoms. The molecule has 3 atom stereocenters. The van der Waals surface area contributed by atoms with E-state index in [9.17, 15) is 31.1 Å². The second kappa shape index (κ2) is 5.83. The SMILES string of the molecule is O=C1C2NC=NC(c3ccc(C(F)(F)F)cc3)C12c1ccc(C(F)(F)F)cc1. The Balaban J connectivity index is 1.74. The molecule has 146 valence electrons. The number of fused-ring (bicyclic) bond motifs is 1. The Labute approximate surface area is 155 Å². The van der Waals surface area contributed by atoms with Crippen LogP contribution in [0.1, 0.15) is 28.3 Å². The number of ketones is 1. The average Bonchev–Trinajstić information content (AvgIpc) is 3.26. The van der Waals surface area contributed by atoms with E-state index in [0.717, 1.165) is 24.3 Å². The van der Waals surface area contributed by atoms with Gasteiger partial charge in [0.25, 0.3) is 0 Å². The van der Waals surface area contributed by atoms with Crippen LogP contribution in [-0.4, -0.2) is 18.2 Å². The first-order chi connectivity index (χ1) is 13.1. The largest absolute Gasteiger partial charge is 0.416 e. The van der Waals surface area contributed by atoms with Crippen LogP contribution in [0, 0.1) is 0 Å². The number of alkyl halides is 6. The molecule has 1 aliphatic carbocycles. The number of Topliss-reactive ketones (excluding diaryl/α,β-unsaturated/α-hetero) is 1. The number of hydrogen-bond acceptors (Lipinski definition) is 3. The van der Waals surface area contributed by atoms with Gasteiger partial charge in [0.2, 0.25) is 0 Å². The van der Waals surface area contributed by atoms with Gasteiger partial charge in [0.1, 0.15) is 11.5 Å². The minimum Gasteiger partial charge on any atom is -0.365 e. The summed E-state index contributed by atoms with van der Waals surface area (Å²) in [6.45, 7) is 0. The molecule has 28 heavy (non-hydrogen) atoms. The van der Waals surface area contributed by atoms with Crippen molar-refractivity contribution in [2.24, 2.45) is 4.99 Å². The summed E-state index contributed by atoms with van der Waals surface area (Å²) in [6, 6.07) is 6.98. The molecule has 1 aliphatic heterocycles. The maximum atomic E-state index is 12.8. The van der Waals surface area contributed by atoms with Gasteiger partial charge >= 0.3 is 12.4 Å². The molecule has 1 saturated carbocycles. The van der Waals surface area contributed by atoms with Crippen LogP contribution in [0.25, 0.3) is 0 Å². The van der Waals surface area contributed by atoms with Crippen molar-refractivity contribution in [2.45, 2.75) is 29.9 Å². The number of halogens is 6. The van der Waals surface area contributed by atoms with Crippen molar-refractivity contribution in [1.82, 2.24) is 5.32 Å². The van der Waals surface area contributed by atoms with Crippen LogP contribution in [0.2, 0.25) is 0 Å². The van der Waals surface area contributed by atoms with Crippen LogP contribution < -0.4 is 5.32 Å². The molecule has 4 rings (SSSR count). The summed E-state index contributed by atoms with van der Waals surface area (Å²) in [5.41, 5.74) is -2.21. The number of hydrogen-bond donors (Lipinski definition) is 1. The molecule has 2 aromatic rings. The number of benzene rings is 2. The Morgan fingerprint density at radius 3 is 1.82 bits per heavy atom. The summed E-state index contributed by atoms with van der Waals surface area (Å²) < 4.78 is 76.9. The van der Waals surface area contributed by atoms with E-state index >= 15 is 0 Å². The van der Waals surface area contributed by atoms with Crippen molar-refractivity contribution in [2.75, 3.05) is 0 Å². The molecule has 0 bridgehead atoms. The van der Waals surface area contributed by atoms with E-state index in [1.54, 1.807) is 0 Å². The summed E-state index contributed by atoms with van der Waals surface area (Å²) in [7, 11) is 0. The third kappa shape index (κ3) is 2.68. The molecule has 2 aliphatic rings. The lowest BCUT2D eigenvalue weighted by molar-refractivity contribution is -0.138. The highest BCUT2D eigenvalue weighted by molar-refractivity contribution is 6.16. The van der Waals surface area contributed by atoms with Gasteiger partial charge in [0, 0.05) is 0 Å². The predicted molar refractivity (Wildman–Crippen MR) is 87.7 cm³/mol. The van der Waals surface area contributed by atoms with E-state index in [0.29, 0.717) is 11.1 Å². The Morgan fingerprint density at radius 2 is 1.32 bits per heavy atom. The highest BCUT2D eigenvalue weighted by Gasteiger charge is 2.71. The van der Waals surface area contributed by atoms with Gasteiger partial charge in [0.15, 0.2) is 5.78 Å². The molecular weight excluding hydrogens is 386 g/mol. The van der Waals surface area contributed by atoms with Gasteiger partial charge in [-0.15, -0.1) is 0 Å². The molecule has 3 unspecified atom stereocenters. The van der Waals surface area contributed by atoms with Crippen molar-refractivity contribution in [3.63, 3.8) is 0 Å². The van der Waals surface area contributed by atoms with E-state index in [-0.39, 0.29) is 5.78 Å². The van der Waals surface area contributed by atoms with Crippen LogP contribution in [0.15, 0.2) is 53.5 Å². The molecule has 3 nitrogen and oxygen atoms in total. The van der Waals surface area contributed by atoms with Crippen LogP contribution in [0.3, 0.4) is 0 Å². The monoisotopic (exact) mass is 398 g/mol. The van der Waals surface area contributed by atoms with Crippen molar-refractivity contribution in [1.29, 1.82) is 0 Å². The molecule has 9 heteroatoms. The Morgan fingerprint density at radius 1 is 0.821 bits per heavy atom. The Kier molecular flexibility index (Phi) is 3.85. The fourth-order valence-electron chi connectivity index (χ4n) is 3.73. The fourth-order valence-corrected chi connectivity index (χ4v) is 3.73. The molecule has 2 aromatic carbocycles. The van der Waals surface area contributed by atoms with Gasteiger partial charge in [-0.05, 0) is 35.4 Å². The Hall–Kier alpha value is -2.84. The van der Waals surface area contributed by atoms with E-state index < -0.39 is 41.0 Å². The zero-order valence-electron chi connectivity index (χ0n) is 14.0.